The van der Waals surface area contributed by atoms with Gasteiger partial charge in [-0.1, -0.05) is 6.42 Å². The first kappa shape index (κ1) is 12.3. The summed E-state index contributed by atoms with van der Waals surface area (Å²) in [6.07, 6.45) is 5.80. The monoisotopic (exact) mass is 254 g/mol. The largest absolute Gasteiger partial charge is 0.298 e. The normalized spacial score (nSPS) is 40.4. The molecule has 3 heterocycles. The van der Waals surface area contributed by atoms with Gasteiger partial charge in [0, 0.05) is 31.7 Å². The Morgan fingerprint density at radius 2 is 2.12 bits per heavy atom. The average molecular weight is 254 g/mol. The molecule has 0 saturated carbocycles. The molecule has 0 aromatic heterocycles. The van der Waals surface area contributed by atoms with Crippen molar-refractivity contribution < 1.29 is 0 Å². The SMILES string of the molecule is CC1CN2CCCCC2CN1CC1CCSC1. The lowest BCUT2D eigenvalue weighted by Gasteiger charge is -2.48. The number of piperidine rings is 1. The number of thioether (sulfide) groups is 1. The number of hydrogen-bond acceptors (Lipinski definition) is 3. The van der Waals surface area contributed by atoms with Crippen molar-refractivity contribution in [3.8, 4) is 0 Å². The van der Waals surface area contributed by atoms with E-state index in [0.29, 0.717) is 0 Å². The third-order valence-corrected chi connectivity index (χ3v) is 6.06. The summed E-state index contributed by atoms with van der Waals surface area (Å²) in [5, 5.41) is 0. The van der Waals surface area contributed by atoms with Crippen LogP contribution in [-0.4, -0.2) is 59.6 Å². The van der Waals surface area contributed by atoms with Gasteiger partial charge < -0.3 is 0 Å². The lowest BCUT2D eigenvalue weighted by atomic mass is 9.96. The lowest BCUT2D eigenvalue weighted by molar-refractivity contribution is 0.00934. The Morgan fingerprint density at radius 1 is 1.18 bits per heavy atom. The van der Waals surface area contributed by atoms with Crippen LogP contribution in [-0.2, 0) is 0 Å². The summed E-state index contributed by atoms with van der Waals surface area (Å²) in [6, 6.07) is 1.67. The van der Waals surface area contributed by atoms with E-state index in [0.717, 1.165) is 18.0 Å². The van der Waals surface area contributed by atoms with Crippen LogP contribution in [0.5, 0.6) is 0 Å². The Balaban J connectivity index is 1.57. The van der Waals surface area contributed by atoms with Crippen molar-refractivity contribution >= 4 is 11.8 Å². The molecule has 3 rings (SSSR count). The predicted molar refractivity (Wildman–Crippen MR) is 75.7 cm³/mol. The van der Waals surface area contributed by atoms with Crippen molar-refractivity contribution in [1.82, 2.24) is 9.80 Å². The highest BCUT2D eigenvalue weighted by atomic mass is 32.2. The van der Waals surface area contributed by atoms with Crippen LogP contribution < -0.4 is 0 Å². The minimum atomic E-state index is 0.787. The molecule has 3 aliphatic heterocycles. The number of hydrogen-bond donors (Lipinski definition) is 0. The highest BCUT2D eigenvalue weighted by molar-refractivity contribution is 7.99. The quantitative estimate of drug-likeness (QED) is 0.746. The molecule has 0 spiro atoms. The summed E-state index contributed by atoms with van der Waals surface area (Å²) in [4.78, 5) is 5.55. The summed E-state index contributed by atoms with van der Waals surface area (Å²) in [5.74, 6) is 3.80. The van der Waals surface area contributed by atoms with E-state index in [1.165, 1.54) is 63.4 Å². The van der Waals surface area contributed by atoms with Gasteiger partial charge in [-0.2, -0.15) is 11.8 Å². The van der Waals surface area contributed by atoms with E-state index in [2.05, 4.69) is 28.5 Å². The summed E-state index contributed by atoms with van der Waals surface area (Å²) >= 11 is 2.16. The van der Waals surface area contributed by atoms with Gasteiger partial charge in [-0.25, -0.2) is 0 Å². The van der Waals surface area contributed by atoms with Crippen LogP contribution in [0.25, 0.3) is 0 Å². The van der Waals surface area contributed by atoms with Crippen LogP contribution in [0.1, 0.15) is 32.6 Å². The maximum atomic E-state index is 2.79. The second-order valence-corrected chi connectivity index (χ2v) is 7.33. The second-order valence-electron chi connectivity index (χ2n) is 6.18. The fraction of sp³-hybridized carbons (Fsp3) is 1.00. The van der Waals surface area contributed by atoms with Crippen LogP contribution in [0.15, 0.2) is 0 Å². The molecule has 3 atom stereocenters. The molecular weight excluding hydrogens is 228 g/mol. The maximum Gasteiger partial charge on any atom is 0.0223 e. The van der Waals surface area contributed by atoms with Crippen molar-refractivity contribution in [2.24, 2.45) is 5.92 Å². The van der Waals surface area contributed by atoms with E-state index < -0.39 is 0 Å². The Hall–Kier alpha value is 0.270. The van der Waals surface area contributed by atoms with Crippen LogP contribution in [0.2, 0.25) is 0 Å². The van der Waals surface area contributed by atoms with E-state index in [4.69, 9.17) is 0 Å². The number of fused-ring (bicyclic) bond motifs is 1. The average Bonchev–Trinajstić information content (AvgIpc) is 2.83. The summed E-state index contributed by atoms with van der Waals surface area (Å²) < 4.78 is 0. The van der Waals surface area contributed by atoms with Crippen molar-refractivity contribution in [3.63, 3.8) is 0 Å². The van der Waals surface area contributed by atoms with Gasteiger partial charge in [0.15, 0.2) is 0 Å². The Morgan fingerprint density at radius 3 is 2.94 bits per heavy atom. The molecule has 3 aliphatic rings. The Labute approximate surface area is 110 Å². The number of piperazine rings is 1. The number of rotatable bonds is 2. The molecular formula is C14H26N2S. The van der Waals surface area contributed by atoms with Gasteiger partial charge in [0.05, 0.1) is 0 Å². The van der Waals surface area contributed by atoms with Crippen LogP contribution >= 0.6 is 11.8 Å². The summed E-state index contributed by atoms with van der Waals surface area (Å²) in [6.45, 7) is 7.85. The van der Waals surface area contributed by atoms with E-state index in [9.17, 15) is 0 Å². The lowest BCUT2D eigenvalue weighted by Crippen LogP contribution is -2.59. The predicted octanol–water partition coefficient (Wildman–Crippen LogP) is 2.30. The maximum absolute atomic E-state index is 2.79. The third-order valence-electron chi connectivity index (χ3n) is 4.83. The minimum Gasteiger partial charge on any atom is -0.298 e. The van der Waals surface area contributed by atoms with Crippen LogP contribution in [0, 0.1) is 5.92 Å². The van der Waals surface area contributed by atoms with Gasteiger partial charge in [0.1, 0.15) is 0 Å². The highest BCUT2D eigenvalue weighted by Crippen LogP contribution is 2.28. The molecule has 0 amide bonds. The van der Waals surface area contributed by atoms with Crippen LogP contribution in [0.3, 0.4) is 0 Å². The summed E-state index contributed by atoms with van der Waals surface area (Å²) in [5.41, 5.74) is 0. The second kappa shape index (κ2) is 5.50. The Kier molecular flexibility index (Phi) is 3.98. The zero-order chi connectivity index (χ0) is 11.7. The molecule has 98 valence electrons. The standard InChI is InChI=1S/C14H26N2S/c1-12-8-15-6-3-2-4-14(15)10-16(12)9-13-5-7-17-11-13/h12-14H,2-11H2,1H3. The van der Waals surface area contributed by atoms with Crippen molar-refractivity contribution in [3.05, 3.63) is 0 Å². The molecule has 2 nitrogen and oxygen atoms in total. The zero-order valence-corrected chi connectivity index (χ0v) is 11.9. The molecule has 3 fully saturated rings. The van der Waals surface area contributed by atoms with Gasteiger partial charge in [-0.05, 0) is 50.2 Å². The summed E-state index contributed by atoms with van der Waals surface area (Å²) in [7, 11) is 0. The molecule has 0 N–H and O–H groups in total. The fourth-order valence-corrected chi connectivity index (χ4v) is 5.00. The van der Waals surface area contributed by atoms with Gasteiger partial charge in [0.2, 0.25) is 0 Å². The smallest absolute Gasteiger partial charge is 0.0223 e. The molecule has 3 unspecified atom stereocenters. The van der Waals surface area contributed by atoms with E-state index in [-0.39, 0.29) is 0 Å². The van der Waals surface area contributed by atoms with Crippen molar-refractivity contribution in [2.75, 3.05) is 37.7 Å². The molecule has 0 aliphatic carbocycles. The van der Waals surface area contributed by atoms with E-state index in [1.54, 1.807) is 0 Å². The van der Waals surface area contributed by atoms with Crippen molar-refractivity contribution in [1.29, 1.82) is 0 Å². The van der Waals surface area contributed by atoms with Crippen molar-refractivity contribution in [2.45, 2.75) is 44.7 Å². The first-order valence-electron chi connectivity index (χ1n) is 7.39. The molecule has 3 saturated heterocycles. The molecule has 17 heavy (non-hydrogen) atoms. The van der Waals surface area contributed by atoms with Gasteiger partial charge in [0.25, 0.3) is 0 Å². The fourth-order valence-electron chi connectivity index (χ4n) is 3.73. The van der Waals surface area contributed by atoms with Gasteiger partial charge in [-0.15, -0.1) is 0 Å². The third kappa shape index (κ3) is 2.82. The van der Waals surface area contributed by atoms with Gasteiger partial charge in [-0.3, -0.25) is 9.80 Å². The van der Waals surface area contributed by atoms with Gasteiger partial charge >= 0.3 is 0 Å². The molecule has 0 bridgehead atoms. The molecule has 0 aromatic carbocycles. The first-order valence-corrected chi connectivity index (χ1v) is 8.54. The first-order chi connectivity index (χ1) is 8.33. The topological polar surface area (TPSA) is 6.48 Å². The van der Waals surface area contributed by atoms with Crippen LogP contribution in [0.4, 0.5) is 0 Å². The molecule has 0 radical (unpaired) electrons. The highest BCUT2D eigenvalue weighted by Gasteiger charge is 2.34. The molecule has 0 aromatic rings. The zero-order valence-electron chi connectivity index (χ0n) is 11.1. The molecule has 3 heteroatoms. The van der Waals surface area contributed by atoms with E-state index >= 15 is 0 Å². The Bertz CT molecular complexity index is 253. The van der Waals surface area contributed by atoms with E-state index in [1.807, 2.05) is 0 Å². The minimum absolute atomic E-state index is 0.787. The number of nitrogens with zero attached hydrogens (tertiary/aromatic N) is 2.